The molecule has 33 heavy (non-hydrogen) atoms. The van der Waals surface area contributed by atoms with E-state index in [2.05, 4.69) is 39.6 Å². The fourth-order valence-corrected chi connectivity index (χ4v) is 4.68. The first-order chi connectivity index (χ1) is 15.6. The van der Waals surface area contributed by atoms with Gasteiger partial charge in [-0.2, -0.15) is 4.68 Å². The Kier molecular flexibility index (Phi) is 7.95. The molecule has 0 radical (unpaired) electrons. The van der Waals surface area contributed by atoms with E-state index in [4.69, 9.17) is 16.7 Å². The number of rotatable bonds is 9. The molecule has 0 aliphatic heterocycles. The number of aromatic nitrogens is 4. The number of tetrazole rings is 1. The molecule has 0 saturated carbocycles. The summed E-state index contributed by atoms with van der Waals surface area (Å²) in [7, 11) is -3.81. The zero-order valence-electron chi connectivity index (χ0n) is 18.3. The van der Waals surface area contributed by atoms with Crippen LogP contribution in [0, 0.1) is 6.92 Å². The van der Waals surface area contributed by atoms with Crippen molar-refractivity contribution in [2.75, 3.05) is 29.1 Å². The van der Waals surface area contributed by atoms with Gasteiger partial charge in [0.15, 0.2) is 0 Å². The van der Waals surface area contributed by atoms with Crippen molar-refractivity contribution >= 4 is 50.7 Å². The van der Waals surface area contributed by atoms with Gasteiger partial charge >= 0.3 is 0 Å². The average molecular weight is 510 g/mol. The van der Waals surface area contributed by atoms with Crippen LogP contribution in [-0.4, -0.2) is 53.4 Å². The highest BCUT2D eigenvalue weighted by atomic mass is 35.5. The minimum atomic E-state index is -3.81. The van der Waals surface area contributed by atoms with E-state index in [1.54, 1.807) is 6.92 Å². The molecular weight excluding hydrogens is 486 g/mol. The van der Waals surface area contributed by atoms with E-state index in [9.17, 15) is 13.2 Å². The molecule has 10 nitrogen and oxygen atoms in total. The topological polar surface area (TPSA) is 136 Å². The molecule has 0 atom stereocenters. The number of hydrogen-bond acceptors (Lipinski definition) is 8. The van der Waals surface area contributed by atoms with E-state index >= 15 is 0 Å². The molecule has 0 spiro atoms. The standard InChI is InChI=1S/C20H24ClN7O3S2/c1-4-27(5-2)14-6-9-18(16(21)11-14)28-20(24-25-26-28)32-12-19(29)23-17-8-7-15(10-13(17)3)33(22,30)31/h6-11H,4-5,12H2,1-3H3,(H,23,29)(H2,22,30,31). The van der Waals surface area contributed by atoms with Gasteiger partial charge in [-0.3, -0.25) is 4.79 Å². The number of anilines is 2. The van der Waals surface area contributed by atoms with Crippen molar-refractivity contribution in [1.29, 1.82) is 0 Å². The van der Waals surface area contributed by atoms with Crippen LogP contribution in [-0.2, 0) is 14.8 Å². The number of carbonyl (C=O) groups is 1. The molecule has 0 fully saturated rings. The lowest BCUT2D eigenvalue weighted by molar-refractivity contribution is -0.113. The molecule has 0 unspecified atom stereocenters. The number of sulfonamides is 1. The summed E-state index contributed by atoms with van der Waals surface area (Å²) < 4.78 is 24.4. The van der Waals surface area contributed by atoms with Crippen LogP contribution in [0.15, 0.2) is 46.5 Å². The summed E-state index contributed by atoms with van der Waals surface area (Å²) in [5.41, 5.74) is 2.67. The summed E-state index contributed by atoms with van der Waals surface area (Å²) >= 11 is 7.65. The normalized spacial score (nSPS) is 11.4. The third-order valence-corrected chi connectivity index (χ3v) is 6.99. The first-order valence-electron chi connectivity index (χ1n) is 10.0. The molecule has 0 saturated heterocycles. The summed E-state index contributed by atoms with van der Waals surface area (Å²) in [6, 6.07) is 9.90. The Balaban J connectivity index is 1.70. The predicted molar refractivity (Wildman–Crippen MR) is 130 cm³/mol. The minimum Gasteiger partial charge on any atom is -0.372 e. The van der Waals surface area contributed by atoms with Gasteiger partial charge in [-0.15, -0.1) is 5.10 Å². The van der Waals surface area contributed by atoms with Gasteiger partial charge in [-0.1, -0.05) is 23.4 Å². The average Bonchev–Trinajstić information content (AvgIpc) is 3.22. The number of benzene rings is 2. The highest BCUT2D eigenvalue weighted by Crippen LogP contribution is 2.29. The number of nitrogens with zero attached hydrogens (tertiary/aromatic N) is 5. The van der Waals surface area contributed by atoms with Crippen LogP contribution in [0.5, 0.6) is 0 Å². The molecule has 3 aromatic rings. The van der Waals surface area contributed by atoms with Gasteiger partial charge in [0.1, 0.15) is 0 Å². The minimum absolute atomic E-state index is 0.0181. The SMILES string of the molecule is CCN(CC)c1ccc(-n2nnnc2SCC(=O)Nc2ccc(S(N)(=O)=O)cc2C)c(Cl)c1. The summed E-state index contributed by atoms with van der Waals surface area (Å²) in [6.07, 6.45) is 0. The third kappa shape index (κ3) is 6.02. The van der Waals surface area contributed by atoms with E-state index in [-0.39, 0.29) is 16.6 Å². The summed E-state index contributed by atoms with van der Waals surface area (Å²) in [5.74, 6) is -0.268. The number of aryl methyl sites for hydroxylation is 1. The highest BCUT2D eigenvalue weighted by molar-refractivity contribution is 7.99. The molecule has 3 rings (SSSR count). The van der Waals surface area contributed by atoms with Gasteiger partial charge in [0.25, 0.3) is 0 Å². The zero-order valence-corrected chi connectivity index (χ0v) is 20.7. The Morgan fingerprint density at radius 2 is 1.94 bits per heavy atom. The van der Waals surface area contributed by atoms with Gasteiger partial charge in [0, 0.05) is 24.5 Å². The van der Waals surface area contributed by atoms with E-state index in [0.717, 1.165) is 30.5 Å². The van der Waals surface area contributed by atoms with Gasteiger partial charge in [0.05, 0.1) is 21.4 Å². The lowest BCUT2D eigenvalue weighted by atomic mass is 10.2. The number of nitrogens with two attached hydrogens (primary N) is 1. The lowest BCUT2D eigenvalue weighted by Crippen LogP contribution is -2.21. The van der Waals surface area contributed by atoms with Crippen LogP contribution in [0.1, 0.15) is 19.4 Å². The van der Waals surface area contributed by atoms with Crippen molar-refractivity contribution < 1.29 is 13.2 Å². The number of primary sulfonamides is 1. The Bertz CT molecular complexity index is 1260. The van der Waals surface area contributed by atoms with Crippen molar-refractivity contribution in [2.24, 2.45) is 5.14 Å². The Hall–Kier alpha value is -2.67. The van der Waals surface area contributed by atoms with Gasteiger partial charge < -0.3 is 10.2 Å². The number of amides is 1. The largest absolute Gasteiger partial charge is 0.372 e. The number of carbonyl (C=O) groups excluding carboxylic acids is 1. The first-order valence-corrected chi connectivity index (χ1v) is 12.9. The number of halogens is 1. The van der Waals surface area contributed by atoms with E-state index in [1.165, 1.54) is 22.9 Å². The third-order valence-electron chi connectivity index (χ3n) is 4.86. The maximum absolute atomic E-state index is 12.5. The van der Waals surface area contributed by atoms with Crippen molar-refractivity contribution in [3.8, 4) is 5.69 Å². The van der Waals surface area contributed by atoms with Crippen molar-refractivity contribution in [3.05, 3.63) is 47.0 Å². The molecule has 2 aromatic carbocycles. The Morgan fingerprint density at radius 3 is 2.55 bits per heavy atom. The lowest BCUT2D eigenvalue weighted by Gasteiger charge is -2.21. The van der Waals surface area contributed by atoms with Crippen molar-refractivity contribution in [3.63, 3.8) is 0 Å². The quantitative estimate of drug-likeness (QED) is 0.420. The molecule has 176 valence electrons. The molecular formula is C20H24ClN7O3S2. The smallest absolute Gasteiger partial charge is 0.238 e. The summed E-state index contributed by atoms with van der Waals surface area (Å²) in [5, 5.41) is 20.5. The van der Waals surface area contributed by atoms with Gasteiger partial charge in [-0.25, -0.2) is 13.6 Å². The first kappa shape index (κ1) is 25.0. The van der Waals surface area contributed by atoms with Gasteiger partial charge in [0.2, 0.25) is 21.1 Å². The van der Waals surface area contributed by atoms with Crippen LogP contribution < -0.4 is 15.4 Å². The van der Waals surface area contributed by atoms with Gasteiger partial charge in [-0.05, 0) is 73.2 Å². The van der Waals surface area contributed by atoms with E-state index in [1.807, 2.05) is 18.2 Å². The summed E-state index contributed by atoms with van der Waals surface area (Å²) in [4.78, 5) is 14.6. The van der Waals surface area contributed by atoms with Crippen molar-refractivity contribution in [2.45, 2.75) is 30.8 Å². The molecule has 1 aromatic heterocycles. The number of thioether (sulfide) groups is 1. The maximum Gasteiger partial charge on any atom is 0.238 e. The van der Waals surface area contributed by atoms with E-state index in [0.29, 0.717) is 27.1 Å². The predicted octanol–water partition coefficient (Wildman–Crippen LogP) is 2.85. The highest BCUT2D eigenvalue weighted by Gasteiger charge is 2.16. The second-order valence-electron chi connectivity index (χ2n) is 7.04. The molecule has 0 aliphatic rings. The van der Waals surface area contributed by atoms with Crippen LogP contribution in [0.4, 0.5) is 11.4 Å². The zero-order chi connectivity index (χ0) is 24.2. The molecule has 1 amide bonds. The Labute approximate surface area is 201 Å². The van der Waals surface area contributed by atoms with Crippen LogP contribution in [0.2, 0.25) is 5.02 Å². The summed E-state index contributed by atoms with van der Waals surface area (Å²) in [6.45, 7) is 7.54. The number of hydrogen-bond donors (Lipinski definition) is 2. The Morgan fingerprint density at radius 1 is 1.21 bits per heavy atom. The second kappa shape index (κ2) is 10.5. The molecule has 13 heteroatoms. The molecule has 3 N–H and O–H groups in total. The molecule has 1 heterocycles. The fourth-order valence-electron chi connectivity index (χ4n) is 3.14. The van der Waals surface area contributed by atoms with Crippen LogP contribution in [0.3, 0.4) is 0 Å². The fraction of sp³-hybridized carbons (Fsp3) is 0.300. The second-order valence-corrected chi connectivity index (χ2v) is 9.95. The maximum atomic E-state index is 12.5. The molecule has 0 bridgehead atoms. The molecule has 0 aliphatic carbocycles. The van der Waals surface area contributed by atoms with Crippen LogP contribution in [0.25, 0.3) is 5.69 Å². The number of nitrogens with one attached hydrogen (secondary N) is 1. The van der Waals surface area contributed by atoms with E-state index < -0.39 is 10.0 Å². The van der Waals surface area contributed by atoms with Crippen LogP contribution >= 0.6 is 23.4 Å². The monoisotopic (exact) mass is 509 g/mol. The van der Waals surface area contributed by atoms with Crippen molar-refractivity contribution in [1.82, 2.24) is 20.2 Å².